The summed E-state index contributed by atoms with van der Waals surface area (Å²) in [6.45, 7) is 1.86. The summed E-state index contributed by atoms with van der Waals surface area (Å²) in [7, 11) is 0. The van der Waals surface area contributed by atoms with Gasteiger partial charge in [0.1, 0.15) is 5.82 Å². The molecule has 3 aromatic carbocycles. The van der Waals surface area contributed by atoms with E-state index in [1.54, 1.807) is 13.0 Å². The van der Waals surface area contributed by atoms with Crippen molar-refractivity contribution in [1.29, 1.82) is 0 Å². The molecular formula is C25H16F4N2O5S2. The fraction of sp³-hybridized carbons (Fsp3) is 0.120. The number of anilines is 1. The zero-order chi connectivity index (χ0) is 27.6. The third-order valence-electron chi connectivity index (χ3n) is 5.13. The number of rotatable bonds is 7. The van der Waals surface area contributed by atoms with E-state index in [1.807, 2.05) is 0 Å². The van der Waals surface area contributed by atoms with E-state index in [0.29, 0.717) is 17.7 Å². The summed E-state index contributed by atoms with van der Waals surface area (Å²) < 4.78 is 64.1. The summed E-state index contributed by atoms with van der Waals surface area (Å²) in [4.78, 5) is 24.9. The van der Waals surface area contributed by atoms with Crippen molar-refractivity contribution < 1.29 is 36.8 Å². The SMILES string of the molecule is CCOc1cc(/C=C2/SC(=S)N(c3cccc(F)c3)C2=O)ccc1Oc1ccc(C(F)(F)F)cc1[N+](=O)[O-]. The smallest absolute Gasteiger partial charge is 0.416 e. The summed E-state index contributed by atoms with van der Waals surface area (Å²) in [6, 6.07) is 11.8. The molecule has 7 nitrogen and oxygen atoms in total. The number of carbonyl (C=O) groups excluding carboxylic acids is 1. The number of nitro groups is 1. The van der Waals surface area contributed by atoms with Gasteiger partial charge in [0, 0.05) is 6.07 Å². The zero-order valence-electron chi connectivity index (χ0n) is 19.3. The number of amides is 1. The number of ether oxygens (including phenoxy) is 2. The molecule has 0 saturated carbocycles. The Morgan fingerprint density at radius 2 is 1.82 bits per heavy atom. The number of hydrogen-bond acceptors (Lipinski definition) is 7. The van der Waals surface area contributed by atoms with Crippen LogP contribution in [0.3, 0.4) is 0 Å². The number of thiocarbonyl (C=S) groups is 1. The molecule has 0 unspecified atom stereocenters. The van der Waals surface area contributed by atoms with Crippen molar-refractivity contribution >= 4 is 51.7 Å². The van der Waals surface area contributed by atoms with Crippen LogP contribution in [-0.2, 0) is 11.0 Å². The van der Waals surface area contributed by atoms with Crippen LogP contribution in [0, 0.1) is 15.9 Å². The molecular weight excluding hydrogens is 548 g/mol. The van der Waals surface area contributed by atoms with E-state index in [1.165, 1.54) is 47.4 Å². The number of carbonyl (C=O) groups is 1. The fourth-order valence-electron chi connectivity index (χ4n) is 3.47. The van der Waals surface area contributed by atoms with Gasteiger partial charge in [0.25, 0.3) is 5.91 Å². The monoisotopic (exact) mass is 564 g/mol. The average Bonchev–Trinajstić information content (AvgIpc) is 3.12. The largest absolute Gasteiger partial charge is 0.490 e. The maximum Gasteiger partial charge on any atom is 0.416 e. The second-order valence-electron chi connectivity index (χ2n) is 7.68. The number of nitrogens with zero attached hydrogens (tertiary/aromatic N) is 2. The lowest BCUT2D eigenvalue weighted by Crippen LogP contribution is -2.27. The topological polar surface area (TPSA) is 81.9 Å². The van der Waals surface area contributed by atoms with E-state index in [9.17, 15) is 32.5 Å². The molecule has 0 spiro atoms. The highest BCUT2D eigenvalue weighted by Crippen LogP contribution is 2.41. The number of hydrogen-bond donors (Lipinski definition) is 0. The Bertz CT molecular complexity index is 1480. The lowest BCUT2D eigenvalue weighted by Gasteiger charge is -2.14. The maximum atomic E-state index is 13.7. The standard InChI is InChI=1S/C25H16F4N2O5S2/c1-2-35-21-10-14(11-22-23(32)30(24(37)38-22)17-5-3-4-16(26)13-17)6-8-20(21)36-19-9-7-15(25(27,28)29)12-18(19)31(33)34/h3-13H,2H2,1H3/b22-11+. The summed E-state index contributed by atoms with van der Waals surface area (Å²) in [5.41, 5.74) is -1.28. The molecule has 0 radical (unpaired) electrons. The van der Waals surface area contributed by atoms with Gasteiger partial charge < -0.3 is 9.47 Å². The van der Waals surface area contributed by atoms with Gasteiger partial charge in [0.2, 0.25) is 5.75 Å². The van der Waals surface area contributed by atoms with Crippen LogP contribution in [-0.4, -0.2) is 21.8 Å². The van der Waals surface area contributed by atoms with Gasteiger partial charge in [-0.2, -0.15) is 13.2 Å². The molecule has 0 atom stereocenters. The highest BCUT2D eigenvalue weighted by Gasteiger charge is 2.34. The van der Waals surface area contributed by atoms with E-state index < -0.39 is 39.8 Å². The van der Waals surface area contributed by atoms with Crippen LogP contribution in [0.5, 0.6) is 17.2 Å². The predicted octanol–water partition coefficient (Wildman–Crippen LogP) is 7.35. The number of thioether (sulfide) groups is 1. The van der Waals surface area contributed by atoms with Crippen molar-refractivity contribution in [2.75, 3.05) is 11.5 Å². The van der Waals surface area contributed by atoms with Gasteiger partial charge in [0.05, 0.1) is 27.7 Å². The fourth-order valence-corrected chi connectivity index (χ4v) is 4.76. The van der Waals surface area contributed by atoms with Gasteiger partial charge in [0.15, 0.2) is 15.8 Å². The molecule has 1 amide bonds. The molecule has 196 valence electrons. The molecule has 1 aliphatic rings. The van der Waals surface area contributed by atoms with Crippen LogP contribution < -0.4 is 14.4 Å². The molecule has 0 bridgehead atoms. The lowest BCUT2D eigenvalue weighted by atomic mass is 10.1. The Morgan fingerprint density at radius 1 is 1.08 bits per heavy atom. The molecule has 0 N–H and O–H groups in total. The normalized spacial score (nSPS) is 14.8. The number of alkyl halides is 3. The minimum atomic E-state index is -4.77. The van der Waals surface area contributed by atoms with E-state index >= 15 is 0 Å². The summed E-state index contributed by atoms with van der Waals surface area (Å²) >= 11 is 6.32. The first-order valence-corrected chi connectivity index (χ1v) is 12.0. The predicted molar refractivity (Wildman–Crippen MR) is 138 cm³/mol. The minimum absolute atomic E-state index is 0.0131. The Kier molecular flexibility index (Phi) is 7.69. The van der Waals surface area contributed by atoms with Gasteiger partial charge in [-0.1, -0.05) is 36.1 Å². The van der Waals surface area contributed by atoms with Crippen LogP contribution in [0.4, 0.5) is 28.9 Å². The van der Waals surface area contributed by atoms with Gasteiger partial charge >= 0.3 is 11.9 Å². The van der Waals surface area contributed by atoms with E-state index in [4.69, 9.17) is 21.7 Å². The molecule has 4 rings (SSSR count). The Balaban J connectivity index is 1.64. The van der Waals surface area contributed by atoms with Crippen molar-refractivity contribution in [2.24, 2.45) is 0 Å². The van der Waals surface area contributed by atoms with Crippen LogP contribution in [0.2, 0.25) is 0 Å². The Morgan fingerprint density at radius 3 is 2.47 bits per heavy atom. The van der Waals surface area contributed by atoms with E-state index in [-0.39, 0.29) is 33.0 Å². The molecule has 1 saturated heterocycles. The summed E-state index contributed by atoms with van der Waals surface area (Å²) in [5, 5.41) is 11.4. The number of benzene rings is 3. The van der Waals surface area contributed by atoms with Crippen LogP contribution in [0.15, 0.2) is 65.6 Å². The van der Waals surface area contributed by atoms with Crippen LogP contribution >= 0.6 is 24.0 Å². The van der Waals surface area contributed by atoms with E-state index in [2.05, 4.69) is 0 Å². The quantitative estimate of drug-likeness (QED) is 0.0976. The van der Waals surface area contributed by atoms with Crippen molar-refractivity contribution in [3.8, 4) is 17.2 Å². The molecule has 3 aromatic rings. The van der Waals surface area contributed by atoms with Crippen molar-refractivity contribution in [3.05, 3.63) is 92.6 Å². The average molecular weight is 565 g/mol. The van der Waals surface area contributed by atoms with Crippen molar-refractivity contribution in [1.82, 2.24) is 0 Å². The minimum Gasteiger partial charge on any atom is -0.490 e. The van der Waals surface area contributed by atoms with Crippen LogP contribution in [0.25, 0.3) is 6.08 Å². The van der Waals surface area contributed by atoms with Gasteiger partial charge in [-0.3, -0.25) is 19.8 Å². The highest BCUT2D eigenvalue weighted by atomic mass is 32.2. The van der Waals surface area contributed by atoms with Gasteiger partial charge in [-0.15, -0.1) is 0 Å². The Labute approximate surface area is 222 Å². The first-order chi connectivity index (χ1) is 18.0. The zero-order valence-corrected chi connectivity index (χ0v) is 21.0. The van der Waals surface area contributed by atoms with E-state index in [0.717, 1.165) is 17.8 Å². The van der Waals surface area contributed by atoms with Crippen LogP contribution in [0.1, 0.15) is 18.1 Å². The maximum absolute atomic E-state index is 13.7. The van der Waals surface area contributed by atoms with Crippen molar-refractivity contribution in [3.63, 3.8) is 0 Å². The molecule has 38 heavy (non-hydrogen) atoms. The summed E-state index contributed by atoms with van der Waals surface area (Å²) in [5.74, 6) is -1.24. The first kappa shape index (κ1) is 27.1. The van der Waals surface area contributed by atoms with Crippen molar-refractivity contribution in [2.45, 2.75) is 13.1 Å². The molecule has 1 aliphatic heterocycles. The Hall–Kier alpha value is -3.97. The van der Waals surface area contributed by atoms with Gasteiger partial charge in [-0.05, 0) is 61.0 Å². The second-order valence-corrected chi connectivity index (χ2v) is 9.35. The third-order valence-corrected chi connectivity index (χ3v) is 6.43. The molecule has 1 fully saturated rings. The third kappa shape index (κ3) is 5.78. The summed E-state index contributed by atoms with van der Waals surface area (Å²) in [6.07, 6.45) is -3.23. The lowest BCUT2D eigenvalue weighted by molar-refractivity contribution is -0.385. The molecule has 13 heteroatoms. The number of nitro benzene ring substituents is 1. The molecule has 0 aromatic heterocycles. The first-order valence-electron chi connectivity index (χ1n) is 10.8. The highest BCUT2D eigenvalue weighted by molar-refractivity contribution is 8.27. The molecule has 1 heterocycles. The number of halogens is 4. The van der Waals surface area contributed by atoms with Gasteiger partial charge in [-0.25, -0.2) is 4.39 Å². The molecule has 0 aliphatic carbocycles. The second kappa shape index (κ2) is 10.8.